The summed E-state index contributed by atoms with van der Waals surface area (Å²) in [4.78, 5) is 15.6. The largest absolute Gasteiger partial charge is 0.480 e. The van der Waals surface area contributed by atoms with Crippen molar-refractivity contribution in [2.75, 3.05) is 26.2 Å². The summed E-state index contributed by atoms with van der Waals surface area (Å²) in [6, 6.07) is 19.3. The fraction of sp³-hybridized carbons (Fsp3) is 0.350. The molecule has 2 unspecified atom stereocenters. The van der Waals surface area contributed by atoms with Crippen LogP contribution in [0.25, 0.3) is 0 Å². The molecule has 0 aromatic heterocycles. The van der Waals surface area contributed by atoms with Gasteiger partial charge >= 0.3 is 5.97 Å². The maximum Gasteiger partial charge on any atom is 0.317 e. The number of nitrogens with zero attached hydrogens (tertiary/aromatic N) is 2. The number of aliphatic carboxylic acids is 1. The number of carboxylic acid groups (broad SMARTS) is 1. The van der Waals surface area contributed by atoms with E-state index < -0.39 is 5.97 Å². The Kier molecular flexibility index (Phi) is 9.77. The van der Waals surface area contributed by atoms with Crippen LogP contribution < -0.4 is 0 Å². The minimum atomic E-state index is -0.758. The molecule has 2 atom stereocenters. The lowest BCUT2D eigenvalue weighted by Crippen LogP contribution is -2.54. The van der Waals surface area contributed by atoms with E-state index in [4.69, 9.17) is 5.11 Å². The van der Waals surface area contributed by atoms with Crippen molar-refractivity contribution in [1.29, 1.82) is 0 Å². The Balaban J connectivity index is 0.00000182. The monoisotopic (exact) mass is 474 g/mol. The normalized spacial score (nSPS) is 18.8. The van der Waals surface area contributed by atoms with Crippen LogP contribution in [0.5, 0.6) is 0 Å². The van der Waals surface area contributed by atoms with Crippen LogP contribution in [0.2, 0.25) is 0 Å². The molecule has 1 fully saturated rings. The first-order valence-electron chi connectivity index (χ1n) is 8.55. The van der Waals surface area contributed by atoms with Crippen LogP contribution in [0, 0.1) is 0 Å². The van der Waals surface area contributed by atoms with Crippen molar-refractivity contribution < 1.29 is 9.90 Å². The molecule has 0 radical (unpaired) electrons. The molecule has 7 heteroatoms. The Hall–Kier alpha value is -1.11. The fourth-order valence-electron chi connectivity index (χ4n) is 3.59. The van der Waals surface area contributed by atoms with E-state index >= 15 is 0 Å². The zero-order chi connectivity index (χ0) is 17.8. The summed E-state index contributed by atoms with van der Waals surface area (Å²) in [5, 5.41) is 9.08. The minimum Gasteiger partial charge on any atom is -0.480 e. The molecular formula is C20H25BrCl2N2O2. The Morgan fingerprint density at radius 3 is 2.37 bits per heavy atom. The summed E-state index contributed by atoms with van der Waals surface area (Å²) >= 11 is 3.58. The molecule has 0 amide bonds. The second-order valence-corrected chi connectivity index (χ2v) is 7.49. The number of benzene rings is 2. The van der Waals surface area contributed by atoms with E-state index in [9.17, 15) is 4.79 Å². The van der Waals surface area contributed by atoms with Crippen LogP contribution >= 0.6 is 40.7 Å². The van der Waals surface area contributed by atoms with Crippen molar-refractivity contribution in [3.8, 4) is 0 Å². The molecule has 1 aliphatic rings. The molecule has 1 heterocycles. The van der Waals surface area contributed by atoms with E-state index in [1.54, 1.807) is 0 Å². The van der Waals surface area contributed by atoms with E-state index in [2.05, 4.69) is 70.2 Å². The van der Waals surface area contributed by atoms with Crippen LogP contribution in [0.15, 0.2) is 59.1 Å². The third-order valence-corrected chi connectivity index (χ3v) is 5.27. The molecule has 1 N–H and O–H groups in total. The molecule has 0 spiro atoms. The molecule has 0 saturated carbocycles. The van der Waals surface area contributed by atoms with Crippen LogP contribution in [0.4, 0.5) is 0 Å². The van der Waals surface area contributed by atoms with Gasteiger partial charge in [-0.3, -0.25) is 14.6 Å². The summed E-state index contributed by atoms with van der Waals surface area (Å²) in [6.45, 7) is 4.69. The second kappa shape index (κ2) is 11.0. The SMILES string of the molecule is CC1CN(C(c2ccccc2)c2cccc(Br)c2)CCN1CC(=O)O.Cl.Cl. The topological polar surface area (TPSA) is 43.8 Å². The average Bonchev–Trinajstić information content (AvgIpc) is 2.58. The predicted octanol–water partition coefficient (Wildman–Crippen LogP) is 4.47. The highest BCUT2D eigenvalue weighted by Crippen LogP contribution is 2.31. The first kappa shape index (κ1) is 23.9. The molecule has 2 aromatic rings. The second-order valence-electron chi connectivity index (χ2n) is 6.58. The van der Waals surface area contributed by atoms with E-state index in [-0.39, 0.29) is 43.4 Å². The fourth-order valence-corrected chi connectivity index (χ4v) is 4.01. The Bertz CT molecular complexity index is 733. The van der Waals surface area contributed by atoms with Gasteiger partial charge in [0.25, 0.3) is 0 Å². The van der Waals surface area contributed by atoms with Crippen LogP contribution in [-0.2, 0) is 4.79 Å². The highest BCUT2D eigenvalue weighted by atomic mass is 79.9. The van der Waals surface area contributed by atoms with Gasteiger partial charge in [0.05, 0.1) is 12.6 Å². The molecular weight excluding hydrogens is 451 g/mol. The number of carboxylic acids is 1. The predicted molar refractivity (Wildman–Crippen MR) is 117 cm³/mol. The van der Waals surface area contributed by atoms with Gasteiger partial charge in [-0.1, -0.05) is 58.4 Å². The van der Waals surface area contributed by atoms with E-state index in [1.807, 2.05) is 17.0 Å². The van der Waals surface area contributed by atoms with Gasteiger partial charge in [0, 0.05) is 30.1 Å². The molecule has 1 aliphatic heterocycles. The van der Waals surface area contributed by atoms with Gasteiger partial charge in [-0.25, -0.2) is 0 Å². The standard InChI is InChI=1S/C20H23BrN2O2.2ClH/c1-15-13-23(11-10-22(15)14-19(24)25)20(16-6-3-2-4-7-16)17-8-5-9-18(21)12-17;;/h2-9,12,15,20H,10-11,13-14H2,1H3,(H,24,25);2*1H. The zero-order valence-electron chi connectivity index (χ0n) is 15.1. The van der Waals surface area contributed by atoms with Gasteiger partial charge in [-0.05, 0) is 30.2 Å². The summed E-state index contributed by atoms with van der Waals surface area (Å²) < 4.78 is 1.07. The molecule has 0 aliphatic carbocycles. The first-order chi connectivity index (χ1) is 12.0. The van der Waals surface area contributed by atoms with Crippen molar-refractivity contribution in [3.05, 3.63) is 70.2 Å². The highest BCUT2D eigenvalue weighted by molar-refractivity contribution is 9.10. The highest BCUT2D eigenvalue weighted by Gasteiger charge is 2.30. The van der Waals surface area contributed by atoms with Crippen LogP contribution in [-0.4, -0.2) is 53.1 Å². The quantitative estimate of drug-likeness (QED) is 0.692. The average molecular weight is 476 g/mol. The molecule has 3 rings (SSSR count). The van der Waals surface area contributed by atoms with Gasteiger partial charge in [0.2, 0.25) is 0 Å². The summed E-state index contributed by atoms with van der Waals surface area (Å²) in [6.07, 6.45) is 0. The number of hydrogen-bond donors (Lipinski definition) is 1. The van der Waals surface area contributed by atoms with Crippen molar-refractivity contribution in [1.82, 2.24) is 9.80 Å². The van der Waals surface area contributed by atoms with Gasteiger partial charge in [0.1, 0.15) is 0 Å². The maximum atomic E-state index is 11.0. The Labute approximate surface area is 181 Å². The third-order valence-electron chi connectivity index (χ3n) is 4.78. The number of halogens is 3. The minimum absolute atomic E-state index is 0. The Morgan fingerprint density at radius 2 is 1.78 bits per heavy atom. The van der Waals surface area contributed by atoms with Crippen LogP contribution in [0.3, 0.4) is 0 Å². The summed E-state index contributed by atoms with van der Waals surface area (Å²) in [5.74, 6) is -0.758. The van der Waals surface area contributed by atoms with Crippen molar-refractivity contribution in [3.63, 3.8) is 0 Å². The molecule has 27 heavy (non-hydrogen) atoms. The first-order valence-corrected chi connectivity index (χ1v) is 9.34. The van der Waals surface area contributed by atoms with Gasteiger partial charge in [0.15, 0.2) is 0 Å². The third kappa shape index (κ3) is 6.19. The molecule has 2 aromatic carbocycles. The summed E-state index contributed by atoms with van der Waals surface area (Å²) in [7, 11) is 0. The van der Waals surface area contributed by atoms with Crippen molar-refractivity contribution in [2.24, 2.45) is 0 Å². The number of piperazine rings is 1. The van der Waals surface area contributed by atoms with Gasteiger partial charge in [-0.15, -0.1) is 24.8 Å². The molecule has 148 valence electrons. The molecule has 1 saturated heterocycles. The lowest BCUT2D eigenvalue weighted by atomic mass is 9.95. The summed E-state index contributed by atoms with van der Waals surface area (Å²) in [5.41, 5.74) is 2.51. The smallest absolute Gasteiger partial charge is 0.317 e. The van der Waals surface area contributed by atoms with Crippen LogP contribution in [0.1, 0.15) is 24.1 Å². The van der Waals surface area contributed by atoms with Gasteiger partial charge in [-0.2, -0.15) is 0 Å². The number of carbonyl (C=O) groups is 1. The van der Waals surface area contributed by atoms with Gasteiger partial charge < -0.3 is 5.11 Å². The van der Waals surface area contributed by atoms with E-state index in [1.165, 1.54) is 11.1 Å². The zero-order valence-corrected chi connectivity index (χ0v) is 18.3. The van der Waals surface area contributed by atoms with Crippen molar-refractivity contribution in [2.45, 2.75) is 19.0 Å². The lowest BCUT2D eigenvalue weighted by molar-refractivity contribution is -0.139. The molecule has 4 nitrogen and oxygen atoms in total. The maximum absolute atomic E-state index is 11.0. The lowest BCUT2D eigenvalue weighted by Gasteiger charge is -2.43. The van der Waals surface area contributed by atoms with E-state index in [0.717, 1.165) is 24.1 Å². The number of hydrogen-bond acceptors (Lipinski definition) is 3. The van der Waals surface area contributed by atoms with Crippen molar-refractivity contribution >= 4 is 46.7 Å². The Morgan fingerprint density at radius 1 is 1.11 bits per heavy atom. The molecule has 0 bridgehead atoms. The number of rotatable bonds is 5. The van der Waals surface area contributed by atoms with E-state index in [0.29, 0.717) is 0 Å².